The summed E-state index contributed by atoms with van der Waals surface area (Å²) in [6.07, 6.45) is 3.23. The molecule has 1 rings (SSSR count). The van der Waals surface area contributed by atoms with Crippen LogP contribution in [0.4, 0.5) is 0 Å². The van der Waals surface area contributed by atoms with Gasteiger partial charge in [0.1, 0.15) is 11.4 Å². The fourth-order valence-corrected chi connectivity index (χ4v) is 1.47. The van der Waals surface area contributed by atoms with Crippen molar-refractivity contribution in [1.82, 2.24) is 0 Å². The Morgan fingerprint density at radius 1 is 1.21 bits per heavy atom. The van der Waals surface area contributed by atoms with E-state index in [1.165, 1.54) is 6.08 Å². The van der Waals surface area contributed by atoms with E-state index in [0.717, 1.165) is 11.3 Å². The molecule has 0 atom stereocenters. The molecule has 0 radical (unpaired) electrons. The Balaban J connectivity index is 2.79. The number of rotatable bonds is 4. The molecule has 1 aromatic rings. The number of ether oxygens (including phenoxy) is 2. The van der Waals surface area contributed by atoms with E-state index in [4.69, 9.17) is 9.47 Å². The van der Waals surface area contributed by atoms with E-state index in [9.17, 15) is 4.79 Å². The van der Waals surface area contributed by atoms with Crippen molar-refractivity contribution in [2.75, 3.05) is 0 Å². The maximum absolute atomic E-state index is 11.6. The van der Waals surface area contributed by atoms with E-state index in [1.807, 2.05) is 58.9 Å². The molecule has 0 saturated heterocycles. The van der Waals surface area contributed by atoms with E-state index in [2.05, 4.69) is 0 Å². The molecule has 0 heterocycles. The fraction of sp³-hybridized carbons (Fsp3) is 0.438. The van der Waals surface area contributed by atoms with Gasteiger partial charge < -0.3 is 9.47 Å². The lowest BCUT2D eigenvalue weighted by atomic mass is 10.1. The van der Waals surface area contributed by atoms with Gasteiger partial charge in [-0.15, -0.1) is 0 Å². The van der Waals surface area contributed by atoms with E-state index >= 15 is 0 Å². The largest absolute Gasteiger partial charge is 0.490 e. The van der Waals surface area contributed by atoms with E-state index in [-0.39, 0.29) is 12.1 Å². The summed E-state index contributed by atoms with van der Waals surface area (Å²) >= 11 is 0. The quantitative estimate of drug-likeness (QED) is 0.611. The van der Waals surface area contributed by atoms with Crippen molar-refractivity contribution < 1.29 is 14.3 Å². The SMILES string of the molecule is CC(C)Oc1ccccc1C=CC(=O)OC(C)(C)C. The van der Waals surface area contributed by atoms with Crippen LogP contribution >= 0.6 is 0 Å². The number of hydrogen-bond donors (Lipinski definition) is 0. The van der Waals surface area contributed by atoms with Crippen LogP contribution in [0, 0.1) is 0 Å². The Bertz CT molecular complexity index is 453. The highest BCUT2D eigenvalue weighted by atomic mass is 16.6. The summed E-state index contributed by atoms with van der Waals surface area (Å²) in [5.41, 5.74) is 0.386. The Morgan fingerprint density at radius 3 is 2.42 bits per heavy atom. The molecule has 0 aliphatic rings. The van der Waals surface area contributed by atoms with Crippen molar-refractivity contribution in [2.45, 2.75) is 46.3 Å². The van der Waals surface area contributed by atoms with Gasteiger partial charge in [-0.05, 0) is 46.8 Å². The van der Waals surface area contributed by atoms with Gasteiger partial charge >= 0.3 is 5.97 Å². The summed E-state index contributed by atoms with van der Waals surface area (Å²) in [6, 6.07) is 7.60. The van der Waals surface area contributed by atoms with Gasteiger partial charge in [0.15, 0.2) is 0 Å². The van der Waals surface area contributed by atoms with Crippen LogP contribution in [0.5, 0.6) is 5.75 Å². The van der Waals surface area contributed by atoms with Crippen LogP contribution < -0.4 is 4.74 Å². The Kier molecular flexibility index (Phi) is 5.16. The third-order valence-corrected chi connectivity index (χ3v) is 2.09. The lowest BCUT2D eigenvalue weighted by Gasteiger charge is -2.18. The lowest BCUT2D eigenvalue weighted by Crippen LogP contribution is -2.22. The number of para-hydroxylation sites is 1. The van der Waals surface area contributed by atoms with Gasteiger partial charge in [-0.25, -0.2) is 4.79 Å². The molecular weight excluding hydrogens is 240 g/mol. The Labute approximate surface area is 115 Å². The van der Waals surface area contributed by atoms with Gasteiger partial charge in [0.25, 0.3) is 0 Å². The van der Waals surface area contributed by atoms with Gasteiger partial charge in [-0.1, -0.05) is 18.2 Å². The van der Waals surface area contributed by atoms with Crippen LogP contribution in [0.25, 0.3) is 6.08 Å². The maximum atomic E-state index is 11.6. The minimum Gasteiger partial charge on any atom is -0.490 e. The van der Waals surface area contributed by atoms with Gasteiger partial charge in [0, 0.05) is 11.6 Å². The van der Waals surface area contributed by atoms with Gasteiger partial charge in [-0.2, -0.15) is 0 Å². The first-order valence-electron chi connectivity index (χ1n) is 6.44. The van der Waals surface area contributed by atoms with E-state index < -0.39 is 5.60 Å². The molecule has 0 aliphatic heterocycles. The molecule has 0 bridgehead atoms. The highest BCUT2D eigenvalue weighted by Crippen LogP contribution is 2.21. The zero-order valence-corrected chi connectivity index (χ0v) is 12.3. The van der Waals surface area contributed by atoms with E-state index in [0.29, 0.717) is 0 Å². The molecule has 0 amide bonds. The molecule has 3 nitrogen and oxygen atoms in total. The summed E-state index contributed by atoms with van der Waals surface area (Å²) in [4.78, 5) is 11.6. The highest BCUT2D eigenvalue weighted by molar-refractivity contribution is 5.87. The molecule has 104 valence electrons. The lowest BCUT2D eigenvalue weighted by molar-refractivity contribution is -0.148. The number of benzene rings is 1. The van der Waals surface area contributed by atoms with Crippen molar-refractivity contribution >= 4 is 12.0 Å². The van der Waals surface area contributed by atoms with Gasteiger partial charge in [0.05, 0.1) is 6.10 Å². The Hall–Kier alpha value is -1.77. The summed E-state index contributed by atoms with van der Waals surface area (Å²) in [6.45, 7) is 9.46. The average molecular weight is 262 g/mol. The van der Waals surface area contributed by atoms with Crippen LogP contribution in [0.3, 0.4) is 0 Å². The van der Waals surface area contributed by atoms with E-state index in [1.54, 1.807) is 6.08 Å². The molecular formula is C16H22O3. The van der Waals surface area contributed by atoms with Crippen LogP contribution in [0.2, 0.25) is 0 Å². The normalized spacial score (nSPS) is 11.9. The predicted octanol–water partition coefficient (Wildman–Crippen LogP) is 3.83. The minimum atomic E-state index is -0.477. The number of hydrogen-bond acceptors (Lipinski definition) is 3. The third-order valence-electron chi connectivity index (χ3n) is 2.09. The summed E-state index contributed by atoms with van der Waals surface area (Å²) in [7, 11) is 0. The third kappa shape index (κ3) is 6.09. The molecule has 0 N–H and O–H groups in total. The molecule has 19 heavy (non-hydrogen) atoms. The average Bonchev–Trinajstić information content (AvgIpc) is 2.24. The molecule has 0 unspecified atom stereocenters. The number of carbonyl (C=O) groups excluding carboxylic acids is 1. The topological polar surface area (TPSA) is 35.5 Å². The van der Waals surface area contributed by atoms with Crippen LogP contribution in [-0.4, -0.2) is 17.7 Å². The first-order chi connectivity index (χ1) is 8.78. The standard InChI is InChI=1S/C16H22O3/c1-12(2)18-14-9-7-6-8-13(14)10-11-15(17)19-16(3,4)5/h6-12H,1-5H3. The molecule has 0 spiro atoms. The second kappa shape index (κ2) is 6.41. The molecule has 0 fully saturated rings. The fourth-order valence-electron chi connectivity index (χ4n) is 1.47. The molecule has 0 aromatic heterocycles. The van der Waals surface area contributed by atoms with Gasteiger partial charge in [0.2, 0.25) is 0 Å². The van der Waals surface area contributed by atoms with Crippen LogP contribution in [-0.2, 0) is 9.53 Å². The van der Waals surface area contributed by atoms with Crippen molar-refractivity contribution in [1.29, 1.82) is 0 Å². The first-order valence-corrected chi connectivity index (χ1v) is 6.44. The Morgan fingerprint density at radius 2 is 1.84 bits per heavy atom. The predicted molar refractivity (Wildman–Crippen MR) is 77.1 cm³/mol. The second-order valence-electron chi connectivity index (χ2n) is 5.57. The zero-order valence-electron chi connectivity index (χ0n) is 12.3. The first kappa shape index (κ1) is 15.3. The van der Waals surface area contributed by atoms with Gasteiger partial charge in [-0.3, -0.25) is 0 Å². The zero-order chi connectivity index (χ0) is 14.5. The summed E-state index contributed by atoms with van der Waals surface area (Å²) < 4.78 is 10.9. The molecule has 0 aliphatic carbocycles. The monoisotopic (exact) mass is 262 g/mol. The molecule has 3 heteroatoms. The highest BCUT2D eigenvalue weighted by Gasteiger charge is 2.14. The minimum absolute atomic E-state index is 0.0936. The van der Waals surface area contributed by atoms with Crippen LogP contribution in [0.1, 0.15) is 40.2 Å². The van der Waals surface area contributed by atoms with Crippen molar-refractivity contribution in [3.8, 4) is 5.75 Å². The second-order valence-corrected chi connectivity index (χ2v) is 5.57. The number of carbonyl (C=O) groups is 1. The summed E-state index contributed by atoms with van der Waals surface area (Å²) in [5, 5.41) is 0. The summed E-state index contributed by atoms with van der Waals surface area (Å²) in [5.74, 6) is 0.407. The van der Waals surface area contributed by atoms with Crippen molar-refractivity contribution in [3.63, 3.8) is 0 Å². The molecule has 1 aromatic carbocycles. The molecule has 0 saturated carbocycles. The smallest absolute Gasteiger partial charge is 0.331 e. The van der Waals surface area contributed by atoms with Crippen molar-refractivity contribution in [3.05, 3.63) is 35.9 Å². The van der Waals surface area contributed by atoms with Crippen LogP contribution in [0.15, 0.2) is 30.3 Å². The number of esters is 1. The van der Waals surface area contributed by atoms with Crippen molar-refractivity contribution in [2.24, 2.45) is 0 Å². The maximum Gasteiger partial charge on any atom is 0.331 e.